The number of amides is 1. The van der Waals surface area contributed by atoms with Crippen LogP contribution in [0.1, 0.15) is 31.3 Å². The Morgan fingerprint density at radius 1 is 1.19 bits per heavy atom. The second-order valence-electron chi connectivity index (χ2n) is 6.79. The predicted octanol–water partition coefficient (Wildman–Crippen LogP) is 5.20. The number of nitrogens with one attached hydrogen (secondary N) is 1. The first-order valence-corrected chi connectivity index (χ1v) is 11.7. The summed E-state index contributed by atoms with van der Waals surface area (Å²) in [7, 11) is 0. The molecule has 1 heterocycles. The molecule has 3 aromatic rings. The van der Waals surface area contributed by atoms with Gasteiger partial charge in [0.25, 0.3) is 0 Å². The second-order valence-corrected chi connectivity index (χ2v) is 8.58. The summed E-state index contributed by atoms with van der Waals surface area (Å²) < 4.78 is 7.90. The van der Waals surface area contributed by atoms with Crippen LogP contribution in [-0.4, -0.2) is 33.0 Å². The van der Waals surface area contributed by atoms with Crippen LogP contribution in [0.5, 0.6) is 5.75 Å². The summed E-state index contributed by atoms with van der Waals surface area (Å²) in [5, 5.41) is 13.1. The minimum absolute atomic E-state index is 0.0367. The van der Waals surface area contributed by atoms with Crippen molar-refractivity contribution in [1.29, 1.82) is 0 Å². The van der Waals surface area contributed by atoms with Crippen LogP contribution in [0.2, 0.25) is 10.0 Å². The van der Waals surface area contributed by atoms with Crippen molar-refractivity contribution in [2.45, 2.75) is 38.1 Å². The average Bonchev–Trinajstić information content (AvgIpc) is 3.18. The highest BCUT2D eigenvalue weighted by atomic mass is 35.5. The Morgan fingerprint density at radius 2 is 1.97 bits per heavy atom. The van der Waals surface area contributed by atoms with Crippen molar-refractivity contribution in [2.24, 2.45) is 0 Å². The summed E-state index contributed by atoms with van der Waals surface area (Å²) in [5.74, 6) is 1.42. The van der Waals surface area contributed by atoms with Crippen molar-refractivity contribution < 1.29 is 9.53 Å². The molecule has 31 heavy (non-hydrogen) atoms. The standard InChI is InChI=1S/C22H24Cl2N4O2S/c1-3-28-21(15(2)30-19-10-9-17(23)13-18(19)24)26-27-22(28)31-14-20(29)25-12-11-16-7-5-4-6-8-16/h4-10,13,15H,3,11-12,14H2,1-2H3,(H,25,29). The van der Waals surface area contributed by atoms with Crippen molar-refractivity contribution in [3.05, 3.63) is 70.0 Å². The number of aromatic nitrogens is 3. The number of carbonyl (C=O) groups is 1. The number of rotatable bonds is 10. The van der Waals surface area contributed by atoms with Crippen LogP contribution in [0.3, 0.4) is 0 Å². The molecule has 0 bridgehead atoms. The van der Waals surface area contributed by atoms with Crippen molar-refractivity contribution in [2.75, 3.05) is 12.3 Å². The molecular formula is C22H24Cl2N4O2S. The van der Waals surface area contributed by atoms with Gasteiger partial charge in [0.05, 0.1) is 10.8 Å². The summed E-state index contributed by atoms with van der Waals surface area (Å²) in [6, 6.07) is 15.1. The monoisotopic (exact) mass is 478 g/mol. The summed E-state index contributed by atoms with van der Waals surface area (Å²) in [6.45, 7) is 5.13. The highest BCUT2D eigenvalue weighted by molar-refractivity contribution is 7.99. The van der Waals surface area contributed by atoms with Gasteiger partial charge in [-0.05, 0) is 44.0 Å². The third-order valence-electron chi connectivity index (χ3n) is 4.53. The molecule has 1 atom stereocenters. The van der Waals surface area contributed by atoms with Gasteiger partial charge in [-0.3, -0.25) is 4.79 Å². The third-order valence-corrected chi connectivity index (χ3v) is 6.03. The lowest BCUT2D eigenvalue weighted by Crippen LogP contribution is -2.27. The lowest BCUT2D eigenvalue weighted by atomic mass is 10.1. The normalized spacial score (nSPS) is 11.9. The molecule has 1 aromatic heterocycles. The van der Waals surface area contributed by atoms with E-state index in [1.807, 2.05) is 48.7 Å². The minimum atomic E-state index is -0.375. The van der Waals surface area contributed by atoms with Gasteiger partial charge in [0, 0.05) is 18.1 Å². The maximum absolute atomic E-state index is 12.2. The number of halogens is 2. The van der Waals surface area contributed by atoms with Gasteiger partial charge in [0.15, 0.2) is 17.1 Å². The number of thioether (sulfide) groups is 1. The van der Waals surface area contributed by atoms with Gasteiger partial charge in [0.2, 0.25) is 5.91 Å². The SMILES string of the molecule is CCn1c(SCC(=O)NCCc2ccccc2)nnc1C(C)Oc1ccc(Cl)cc1Cl. The zero-order valence-corrected chi connectivity index (χ0v) is 19.7. The summed E-state index contributed by atoms with van der Waals surface area (Å²) >= 11 is 13.5. The van der Waals surface area contributed by atoms with Gasteiger partial charge in [-0.2, -0.15) is 0 Å². The van der Waals surface area contributed by atoms with E-state index in [1.54, 1.807) is 18.2 Å². The number of carbonyl (C=O) groups excluding carboxylic acids is 1. The van der Waals surface area contributed by atoms with E-state index in [4.69, 9.17) is 27.9 Å². The molecule has 9 heteroatoms. The molecule has 0 saturated heterocycles. The molecule has 3 rings (SSSR count). The molecule has 0 spiro atoms. The maximum Gasteiger partial charge on any atom is 0.230 e. The number of nitrogens with zero attached hydrogens (tertiary/aromatic N) is 3. The van der Waals surface area contributed by atoms with Crippen LogP contribution in [-0.2, 0) is 17.8 Å². The fraction of sp³-hybridized carbons (Fsp3) is 0.318. The Hall–Kier alpha value is -2.22. The zero-order chi connectivity index (χ0) is 22.2. The molecule has 2 aromatic carbocycles. The van der Waals surface area contributed by atoms with Gasteiger partial charge in [-0.1, -0.05) is 65.3 Å². The van der Waals surface area contributed by atoms with Crippen molar-refractivity contribution >= 4 is 40.9 Å². The highest BCUT2D eigenvalue weighted by Crippen LogP contribution is 2.31. The molecule has 0 radical (unpaired) electrons. The first-order valence-electron chi connectivity index (χ1n) is 9.96. The quantitative estimate of drug-likeness (QED) is 0.405. The molecule has 1 N–H and O–H groups in total. The van der Waals surface area contributed by atoms with E-state index in [-0.39, 0.29) is 17.8 Å². The van der Waals surface area contributed by atoms with Gasteiger partial charge < -0.3 is 14.6 Å². The summed E-state index contributed by atoms with van der Waals surface area (Å²) in [5.41, 5.74) is 1.19. The van der Waals surface area contributed by atoms with E-state index in [0.29, 0.717) is 39.9 Å². The largest absolute Gasteiger partial charge is 0.481 e. The number of hydrogen-bond acceptors (Lipinski definition) is 5. The van der Waals surface area contributed by atoms with E-state index in [2.05, 4.69) is 15.5 Å². The van der Waals surface area contributed by atoms with Crippen LogP contribution < -0.4 is 10.1 Å². The van der Waals surface area contributed by atoms with Gasteiger partial charge in [-0.15, -0.1) is 10.2 Å². The maximum atomic E-state index is 12.2. The van der Waals surface area contributed by atoms with Crippen LogP contribution >= 0.6 is 35.0 Å². The van der Waals surface area contributed by atoms with Gasteiger partial charge >= 0.3 is 0 Å². The fourth-order valence-electron chi connectivity index (χ4n) is 2.99. The Morgan fingerprint density at radius 3 is 2.68 bits per heavy atom. The molecule has 0 aliphatic heterocycles. The van der Waals surface area contributed by atoms with Crippen LogP contribution in [0.15, 0.2) is 53.7 Å². The van der Waals surface area contributed by atoms with Crippen molar-refractivity contribution in [1.82, 2.24) is 20.1 Å². The Kier molecular flexibility index (Phi) is 8.63. The van der Waals surface area contributed by atoms with Crippen LogP contribution in [0, 0.1) is 0 Å². The van der Waals surface area contributed by atoms with Crippen molar-refractivity contribution in [3.8, 4) is 5.75 Å². The topological polar surface area (TPSA) is 69.0 Å². The predicted molar refractivity (Wildman–Crippen MR) is 125 cm³/mol. The molecule has 1 amide bonds. The Bertz CT molecular complexity index is 1010. The number of benzene rings is 2. The Balaban J connectivity index is 1.54. The number of hydrogen-bond donors (Lipinski definition) is 1. The highest BCUT2D eigenvalue weighted by Gasteiger charge is 2.20. The van der Waals surface area contributed by atoms with E-state index in [0.717, 1.165) is 6.42 Å². The molecule has 1 unspecified atom stereocenters. The molecule has 0 saturated carbocycles. The summed E-state index contributed by atoms with van der Waals surface area (Å²) in [6.07, 6.45) is 0.425. The third kappa shape index (κ3) is 6.63. The first-order chi connectivity index (χ1) is 15.0. The van der Waals surface area contributed by atoms with E-state index < -0.39 is 0 Å². The van der Waals surface area contributed by atoms with Crippen LogP contribution in [0.25, 0.3) is 0 Å². The lowest BCUT2D eigenvalue weighted by molar-refractivity contribution is -0.118. The summed E-state index contributed by atoms with van der Waals surface area (Å²) in [4.78, 5) is 12.2. The van der Waals surface area contributed by atoms with Crippen LogP contribution in [0.4, 0.5) is 0 Å². The molecular weight excluding hydrogens is 455 g/mol. The lowest BCUT2D eigenvalue weighted by Gasteiger charge is -2.16. The average molecular weight is 479 g/mol. The molecule has 0 aliphatic rings. The van der Waals surface area contributed by atoms with Crippen molar-refractivity contribution in [3.63, 3.8) is 0 Å². The van der Waals surface area contributed by atoms with Gasteiger partial charge in [-0.25, -0.2) is 0 Å². The molecule has 164 valence electrons. The van der Waals surface area contributed by atoms with Gasteiger partial charge in [0.1, 0.15) is 5.75 Å². The smallest absolute Gasteiger partial charge is 0.230 e. The van der Waals surface area contributed by atoms with E-state index >= 15 is 0 Å². The van der Waals surface area contributed by atoms with E-state index in [1.165, 1.54) is 17.3 Å². The van der Waals surface area contributed by atoms with E-state index in [9.17, 15) is 4.79 Å². The Labute approximate surface area is 196 Å². The number of ether oxygens (including phenoxy) is 1. The second kappa shape index (κ2) is 11.4. The minimum Gasteiger partial charge on any atom is -0.481 e. The first kappa shape index (κ1) is 23.4. The molecule has 0 fully saturated rings. The fourth-order valence-corrected chi connectivity index (χ4v) is 4.28. The molecule has 6 nitrogen and oxygen atoms in total. The zero-order valence-electron chi connectivity index (χ0n) is 17.3. The molecule has 0 aliphatic carbocycles.